The molecule has 1 aromatic rings. The quantitative estimate of drug-likeness (QED) is 0.716. The normalized spacial score (nSPS) is 12.4. The summed E-state index contributed by atoms with van der Waals surface area (Å²) in [4.78, 5) is 15.8. The van der Waals surface area contributed by atoms with Gasteiger partial charge in [0.25, 0.3) is 0 Å². The van der Waals surface area contributed by atoms with Crippen LogP contribution in [0.4, 0.5) is 0 Å². The first-order valence-electron chi connectivity index (χ1n) is 7.17. The highest BCUT2D eigenvalue weighted by Gasteiger charge is 2.25. The zero-order chi connectivity index (χ0) is 16.8. The molecule has 0 unspecified atom stereocenters. The van der Waals surface area contributed by atoms with Crippen LogP contribution in [0.3, 0.4) is 0 Å². The zero-order valence-corrected chi connectivity index (χ0v) is 14.1. The maximum atomic E-state index is 12.3. The van der Waals surface area contributed by atoms with E-state index in [-0.39, 0.29) is 17.3 Å². The molecule has 7 nitrogen and oxygen atoms in total. The molecule has 0 aromatic carbocycles. The van der Waals surface area contributed by atoms with Crippen LogP contribution in [0.2, 0.25) is 0 Å². The van der Waals surface area contributed by atoms with Crippen molar-refractivity contribution in [3.05, 3.63) is 24.5 Å². The Morgan fingerprint density at radius 1 is 1.41 bits per heavy atom. The molecule has 0 aliphatic rings. The number of pyridine rings is 1. The van der Waals surface area contributed by atoms with Gasteiger partial charge in [-0.15, -0.1) is 0 Å². The molecule has 0 saturated carbocycles. The van der Waals surface area contributed by atoms with Crippen LogP contribution in [0.25, 0.3) is 0 Å². The third-order valence-corrected chi connectivity index (χ3v) is 5.54. The van der Waals surface area contributed by atoms with Gasteiger partial charge in [-0.1, -0.05) is 13.8 Å². The molecular formula is C14H24N4O3S. The minimum Gasteiger partial charge on any atom is -0.353 e. The van der Waals surface area contributed by atoms with E-state index in [1.165, 1.54) is 31.6 Å². The van der Waals surface area contributed by atoms with Gasteiger partial charge in [0.1, 0.15) is 4.90 Å². The van der Waals surface area contributed by atoms with Crippen LogP contribution in [0.5, 0.6) is 0 Å². The zero-order valence-electron chi connectivity index (χ0n) is 13.2. The minimum atomic E-state index is -3.72. The second kappa shape index (κ2) is 7.66. The monoisotopic (exact) mass is 328 g/mol. The Kier molecular flexibility index (Phi) is 6.46. The molecule has 0 aliphatic carbocycles. The summed E-state index contributed by atoms with van der Waals surface area (Å²) >= 11 is 0. The lowest BCUT2D eigenvalue weighted by Crippen LogP contribution is -2.51. The van der Waals surface area contributed by atoms with Gasteiger partial charge < -0.3 is 11.1 Å². The maximum absolute atomic E-state index is 12.3. The van der Waals surface area contributed by atoms with Gasteiger partial charge in [-0.05, 0) is 25.0 Å². The number of hydrogen-bond acceptors (Lipinski definition) is 5. The van der Waals surface area contributed by atoms with Gasteiger partial charge in [0, 0.05) is 31.5 Å². The van der Waals surface area contributed by atoms with E-state index in [0.717, 1.165) is 17.1 Å². The minimum absolute atomic E-state index is 0.0561. The van der Waals surface area contributed by atoms with Crippen LogP contribution in [0.15, 0.2) is 29.4 Å². The van der Waals surface area contributed by atoms with E-state index in [9.17, 15) is 13.2 Å². The molecule has 0 atom stereocenters. The molecule has 1 rings (SSSR count). The molecule has 1 amide bonds. The lowest BCUT2D eigenvalue weighted by molar-refractivity contribution is -0.121. The highest BCUT2D eigenvalue weighted by molar-refractivity contribution is 7.89. The average molecular weight is 328 g/mol. The second-order valence-electron chi connectivity index (χ2n) is 5.30. The molecular weight excluding hydrogens is 304 g/mol. The number of aromatic nitrogens is 1. The number of nitrogens with two attached hydrogens (primary N) is 1. The number of hydrogen-bond donors (Lipinski definition) is 2. The number of nitrogens with one attached hydrogen (secondary N) is 1. The number of nitrogens with zero attached hydrogens (tertiary/aromatic N) is 2. The first kappa shape index (κ1) is 18.5. The summed E-state index contributed by atoms with van der Waals surface area (Å²) in [6.07, 6.45) is 4.20. The van der Waals surface area contributed by atoms with Crippen LogP contribution in [-0.4, -0.2) is 49.3 Å². The first-order valence-corrected chi connectivity index (χ1v) is 8.61. The first-order chi connectivity index (χ1) is 10.2. The Morgan fingerprint density at radius 3 is 2.55 bits per heavy atom. The maximum Gasteiger partial charge on any atom is 0.244 e. The molecule has 3 N–H and O–H groups in total. The summed E-state index contributed by atoms with van der Waals surface area (Å²) in [5.74, 6) is -0.383. The number of likely N-dealkylation sites (N-methyl/N-ethyl adjacent to an activating group) is 1. The van der Waals surface area contributed by atoms with Crippen LogP contribution in [-0.2, 0) is 14.8 Å². The standard InChI is InChI=1S/C14H24N4O3S/c1-4-14(15,5-2)11-17-13(19)10-18(3)22(20,21)12-7-6-8-16-9-12/h6-9H,4-5,10-11,15H2,1-3H3,(H,17,19). The number of carbonyl (C=O) groups is 1. The number of amides is 1. The number of carbonyl (C=O) groups excluding carboxylic acids is 1. The van der Waals surface area contributed by atoms with Gasteiger partial charge >= 0.3 is 0 Å². The van der Waals surface area contributed by atoms with E-state index in [2.05, 4.69) is 10.3 Å². The van der Waals surface area contributed by atoms with Gasteiger partial charge in [-0.2, -0.15) is 4.31 Å². The third-order valence-electron chi connectivity index (χ3n) is 3.75. The van der Waals surface area contributed by atoms with Crippen molar-refractivity contribution in [3.8, 4) is 0 Å². The lowest BCUT2D eigenvalue weighted by Gasteiger charge is -2.27. The predicted molar refractivity (Wildman–Crippen MR) is 84.6 cm³/mol. The SMILES string of the molecule is CCC(N)(CC)CNC(=O)CN(C)S(=O)(=O)c1cccnc1. The smallest absolute Gasteiger partial charge is 0.244 e. The van der Waals surface area contributed by atoms with Crippen LogP contribution < -0.4 is 11.1 Å². The van der Waals surface area contributed by atoms with Crippen molar-refractivity contribution >= 4 is 15.9 Å². The van der Waals surface area contributed by atoms with E-state index in [4.69, 9.17) is 5.73 Å². The van der Waals surface area contributed by atoms with E-state index < -0.39 is 15.6 Å². The number of sulfonamides is 1. The fourth-order valence-corrected chi connectivity index (χ4v) is 2.89. The van der Waals surface area contributed by atoms with Crippen molar-refractivity contribution in [2.24, 2.45) is 5.73 Å². The molecule has 1 aromatic heterocycles. The second-order valence-corrected chi connectivity index (χ2v) is 7.34. The van der Waals surface area contributed by atoms with Crippen molar-refractivity contribution in [1.82, 2.24) is 14.6 Å². The van der Waals surface area contributed by atoms with Gasteiger partial charge in [-0.25, -0.2) is 8.42 Å². The van der Waals surface area contributed by atoms with E-state index in [1.807, 2.05) is 13.8 Å². The Balaban J connectivity index is 2.65. The molecule has 0 bridgehead atoms. The number of rotatable bonds is 8. The molecule has 0 aliphatic heterocycles. The predicted octanol–water partition coefficient (Wildman–Crippen LogP) is 0.336. The van der Waals surface area contributed by atoms with Gasteiger partial charge in [0.05, 0.1) is 6.54 Å². The Bertz CT molecular complexity index is 585. The van der Waals surface area contributed by atoms with Crippen LogP contribution in [0, 0.1) is 0 Å². The molecule has 0 saturated heterocycles. The molecule has 0 spiro atoms. The largest absolute Gasteiger partial charge is 0.353 e. The summed E-state index contributed by atoms with van der Waals surface area (Å²) in [5, 5.41) is 2.69. The van der Waals surface area contributed by atoms with Gasteiger partial charge in [0.15, 0.2) is 0 Å². The highest BCUT2D eigenvalue weighted by Crippen LogP contribution is 2.12. The highest BCUT2D eigenvalue weighted by atomic mass is 32.2. The van der Waals surface area contributed by atoms with E-state index in [0.29, 0.717) is 6.54 Å². The van der Waals surface area contributed by atoms with Crippen molar-refractivity contribution in [2.45, 2.75) is 37.1 Å². The Labute approximate surface area is 132 Å². The van der Waals surface area contributed by atoms with Crippen molar-refractivity contribution in [1.29, 1.82) is 0 Å². The summed E-state index contributed by atoms with van der Waals surface area (Å²) in [5.41, 5.74) is 5.64. The molecule has 1 heterocycles. The van der Waals surface area contributed by atoms with Crippen molar-refractivity contribution < 1.29 is 13.2 Å². The summed E-state index contributed by atoms with van der Waals surface area (Å²) in [6, 6.07) is 2.97. The molecule has 0 radical (unpaired) electrons. The molecule has 8 heteroatoms. The molecule has 0 fully saturated rings. The average Bonchev–Trinajstić information content (AvgIpc) is 2.53. The van der Waals surface area contributed by atoms with Crippen molar-refractivity contribution in [2.75, 3.05) is 20.1 Å². The van der Waals surface area contributed by atoms with Gasteiger partial charge in [-0.3, -0.25) is 9.78 Å². The van der Waals surface area contributed by atoms with E-state index >= 15 is 0 Å². The van der Waals surface area contributed by atoms with E-state index in [1.54, 1.807) is 0 Å². The Hall–Kier alpha value is -1.51. The Morgan fingerprint density at radius 2 is 2.05 bits per heavy atom. The summed E-state index contributed by atoms with van der Waals surface area (Å²) < 4.78 is 25.5. The lowest BCUT2D eigenvalue weighted by atomic mass is 9.94. The van der Waals surface area contributed by atoms with Crippen LogP contribution >= 0.6 is 0 Å². The van der Waals surface area contributed by atoms with Gasteiger partial charge in [0.2, 0.25) is 15.9 Å². The summed E-state index contributed by atoms with van der Waals surface area (Å²) in [7, 11) is -2.36. The molecule has 22 heavy (non-hydrogen) atoms. The topological polar surface area (TPSA) is 105 Å². The molecule has 124 valence electrons. The fraction of sp³-hybridized carbons (Fsp3) is 0.571. The van der Waals surface area contributed by atoms with Crippen LogP contribution in [0.1, 0.15) is 26.7 Å². The summed E-state index contributed by atoms with van der Waals surface area (Å²) in [6.45, 7) is 3.96. The fourth-order valence-electron chi connectivity index (χ4n) is 1.80. The third kappa shape index (κ3) is 4.75. The van der Waals surface area contributed by atoms with Crippen molar-refractivity contribution in [3.63, 3.8) is 0 Å².